The molecule has 2 rings (SSSR count). The molecule has 96 valence electrons. The lowest BCUT2D eigenvalue weighted by molar-refractivity contribution is 0.395. The second-order valence-corrected chi connectivity index (χ2v) is 6.05. The molecule has 0 bridgehead atoms. The zero-order valence-electron chi connectivity index (χ0n) is 9.45. The Morgan fingerprint density at radius 1 is 1.44 bits per heavy atom. The first-order valence-corrected chi connectivity index (χ1v) is 7.27. The number of hydrogen-bond donors (Lipinski definition) is 0. The lowest BCUT2D eigenvalue weighted by Crippen LogP contribution is -2.02. The van der Waals surface area contributed by atoms with Crippen molar-refractivity contribution in [3.63, 3.8) is 0 Å². The van der Waals surface area contributed by atoms with Gasteiger partial charge in [-0.2, -0.15) is 5.10 Å². The Morgan fingerprint density at radius 3 is 2.83 bits per heavy atom. The summed E-state index contributed by atoms with van der Waals surface area (Å²) in [4.78, 5) is 4.16. The maximum atomic E-state index is 11.1. The molecule has 0 radical (unpaired) electrons. The molecule has 8 heteroatoms. The lowest BCUT2D eigenvalue weighted by Gasteiger charge is -2.03. The molecule has 0 spiro atoms. The Hall–Kier alpha value is -1.60. The van der Waals surface area contributed by atoms with E-state index in [9.17, 15) is 8.42 Å². The fourth-order valence-corrected chi connectivity index (χ4v) is 2.04. The van der Waals surface area contributed by atoms with Gasteiger partial charge in [-0.05, 0) is 6.07 Å². The average molecular weight is 288 g/mol. The molecule has 2 heterocycles. The van der Waals surface area contributed by atoms with Crippen LogP contribution in [-0.2, 0) is 15.6 Å². The van der Waals surface area contributed by atoms with Gasteiger partial charge in [0.15, 0.2) is 0 Å². The van der Waals surface area contributed by atoms with Crippen molar-refractivity contribution in [1.82, 2.24) is 14.8 Å². The molecular formula is C10H10ClN3O3S. The second kappa shape index (κ2) is 4.95. The minimum Gasteiger partial charge on any atom is -0.481 e. The van der Waals surface area contributed by atoms with Crippen LogP contribution in [0.5, 0.6) is 5.88 Å². The van der Waals surface area contributed by atoms with Crippen LogP contribution < -0.4 is 4.74 Å². The summed E-state index contributed by atoms with van der Waals surface area (Å²) in [6.07, 6.45) is 2.55. The molecular weight excluding hydrogens is 278 g/mol. The smallest absolute Gasteiger partial charge is 0.264 e. The highest BCUT2D eigenvalue weighted by molar-refractivity contribution is 8.13. The first-order valence-electron chi connectivity index (χ1n) is 4.96. The van der Waals surface area contributed by atoms with E-state index < -0.39 is 9.05 Å². The predicted octanol–water partition coefficient (Wildman–Crippen LogP) is 1.26. The molecule has 0 aliphatic carbocycles. The first-order chi connectivity index (χ1) is 8.49. The number of aromatic nitrogens is 3. The Bertz CT molecular complexity index is 654. The summed E-state index contributed by atoms with van der Waals surface area (Å²) >= 11 is 0. The van der Waals surface area contributed by atoms with E-state index in [1.807, 2.05) is 0 Å². The molecule has 2 aromatic rings. The summed E-state index contributed by atoms with van der Waals surface area (Å²) in [5.41, 5.74) is 0.705. The number of pyridine rings is 1. The third-order valence-electron chi connectivity index (χ3n) is 2.21. The van der Waals surface area contributed by atoms with E-state index in [4.69, 9.17) is 15.4 Å². The zero-order valence-corrected chi connectivity index (χ0v) is 11.0. The molecule has 0 saturated carbocycles. The van der Waals surface area contributed by atoms with Crippen LogP contribution in [0, 0.1) is 0 Å². The van der Waals surface area contributed by atoms with Crippen LogP contribution >= 0.6 is 10.7 Å². The Labute approximate surface area is 109 Å². The normalized spacial score (nSPS) is 11.4. The Balaban J connectivity index is 2.21. The molecule has 0 aliphatic heterocycles. The monoisotopic (exact) mass is 287 g/mol. The van der Waals surface area contributed by atoms with Crippen molar-refractivity contribution in [3.8, 4) is 5.88 Å². The predicted molar refractivity (Wildman–Crippen MR) is 65.2 cm³/mol. The number of halogens is 1. The third-order valence-corrected chi connectivity index (χ3v) is 3.51. The molecule has 0 atom stereocenters. The molecule has 0 unspecified atom stereocenters. The van der Waals surface area contributed by atoms with E-state index in [0.717, 1.165) is 0 Å². The van der Waals surface area contributed by atoms with Gasteiger partial charge in [-0.1, -0.05) is 6.07 Å². The van der Waals surface area contributed by atoms with Crippen molar-refractivity contribution in [2.75, 3.05) is 7.11 Å². The minimum atomic E-state index is -3.74. The average Bonchev–Trinajstić information content (AvgIpc) is 2.77. The number of ether oxygens (including phenoxy) is 1. The van der Waals surface area contributed by atoms with E-state index in [0.29, 0.717) is 18.1 Å². The van der Waals surface area contributed by atoms with Crippen molar-refractivity contribution in [2.45, 2.75) is 11.4 Å². The molecule has 2 aromatic heterocycles. The van der Waals surface area contributed by atoms with Crippen molar-refractivity contribution in [1.29, 1.82) is 0 Å². The largest absolute Gasteiger partial charge is 0.481 e. The Kier molecular flexibility index (Phi) is 3.53. The summed E-state index contributed by atoms with van der Waals surface area (Å²) in [6, 6.07) is 5.31. The van der Waals surface area contributed by atoms with Crippen molar-refractivity contribution in [3.05, 3.63) is 36.3 Å². The van der Waals surface area contributed by atoms with Crippen molar-refractivity contribution in [2.24, 2.45) is 0 Å². The van der Waals surface area contributed by atoms with Crippen LogP contribution in [0.3, 0.4) is 0 Å². The molecule has 0 saturated heterocycles. The molecule has 0 aromatic carbocycles. The van der Waals surface area contributed by atoms with Gasteiger partial charge in [0.05, 0.1) is 25.5 Å². The van der Waals surface area contributed by atoms with Gasteiger partial charge < -0.3 is 4.74 Å². The quantitative estimate of drug-likeness (QED) is 0.792. The molecule has 6 nitrogen and oxygen atoms in total. The maximum absolute atomic E-state index is 11.1. The van der Waals surface area contributed by atoms with Gasteiger partial charge >= 0.3 is 0 Å². The van der Waals surface area contributed by atoms with Crippen LogP contribution in [0.15, 0.2) is 35.5 Å². The van der Waals surface area contributed by atoms with Gasteiger partial charge in [-0.15, -0.1) is 0 Å². The van der Waals surface area contributed by atoms with Crippen molar-refractivity contribution >= 4 is 19.7 Å². The highest BCUT2D eigenvalue weighted by atomic mass is 35.7. The highest BCUT2D eigenvalue weighted by Gasteiger charge is 2.12. The SMILES string of the molecule is COc1cccc(Cn2cc(S(=O)(=O)Cl)cn2)n1. The zero-order chi connectivity index (χ0) is 13.2. The highest BCUT2D eigenvalue weighted by Crippen LogP contribution is 2.14. The van der Waals surface area contributed by atoms with E-state index >= 15 is 0 Å². The van der Waals surface area contributed by atoms with Gasteiger partial charge in [-0.25, -0.2) is 13.4 Å². The summed E-state index contributed by atoms with van der Waals surface area (Å²) in [5, 5.41) is 3.91. The summed E-state index contributed by atoms with van der Waals surface area (Å²) in [7, 11) is 2.99. The summed E-state index contributed by atoms with van der Waals surface area (Å²) < 4.78 is 28.6. The van der Waals surface area contributed by atoms with E-state index in [1.165, 1.54) is 24.2 Å². The minimum absolute atomic E-state index is 0.0351. The fourth-order valence-electron chi connectivity index (χ4n) is 1.38. The molecule has 0 amide bonds. The number of methoxy groups -OCH3 is 1. The van der Waals surface area contributed by atoms with Gasteiger partial charge in [0.2, 0.25) is 5.88 Å². The van der Waals surface area contributed by atoms with Crippen LogP contribution in [0.4, 0.5) is 0 Å². The van der Waals surface area contributed by atoms with Crippen molar-refractivity contribution < 1.29 is 13.2 Å². The van der Waals surface area contributed by atoms with Gasteiger partial charge in [0.1, 0.15) is 4.90 Å². The van der Waals surface area contributed by atoms with Crippen LogP contribution in [0.1, 0.15) is 5.69 Å². The maximum Gasteiger partial charge on any atom is 0.264 e. The lowest BCUT2D eigenvalue weighted by atomic mass is 10.3. The molecule has 0 fully saturated rings. The van der Waals surface area contributed by atoms with Gasteiger partial charge in [-0.3, -0.25) is 4.68 Å². The molecule has 0 aliphatic rings. The second-order valence-electron chi connectivity index (χ2n) is 3.48. The standard InChI is InChI=1S/C10H10ClN3O3S/c1-17-10-4-2-3-8(13-10)6-14-7-9(5-12-14)18(11,15)16/h2-5,7H,6H2,1H3. The first kappa shape index (κ1) is 12.8. The van der Waals surface area contributed by atoms with Crippen LogP contribution in [-0.4, -0.2) is 30.3 Å². The van der Waals surface area contributed by atoms with E-state index in [1.54, 1.807) is 18.2 Å². The number of nitrogens with zero attached hydrogens (tertiary/aromatic N) is 3. The van der Waals surface area contributed by atoms with Crippen LogP contribution in [0.25, 0.3) is 0 Å². The van der Waals surface area contributed by atoms with Crippen LogP contribution in [0.2, 0.25) is 0 Å². The number of hydrogen-bond acceptors (Lipinski definition) is 5. The summed E-state index contributed by atoms with van der Waals surface area (Å²) in [5.74, 6) is 0.491. The van der Waals surface area contributed by atoms with Gasteiger partial charge in [0, 0.05) is 22.9 Å². The summed E-state index contributed by atoms with van der Waals surface area (Å²) in [6.45, 7) is 0.337. The fraction of sp³-hybridized carbons (Fsp3) is 0.200. The van der Waals surface area contributed by atoms with Gasteiger partial charge in [0.25, 0.3) is 9.05 Å². The topological polar surface area (TPSA) is 74.1 Å². The molecule has 0 N–H and O–H groups in total. The van der Waals surface area contributed by atoms with E-state index in [2.05, 4.69) is 10.1 Å². The third kappa shape index (κ3) is 2.99. The Morgan fingerprint density at radius 2 is 2.22 bits per heavy atom. The number of rotatable bonds is 4. The molecule has 18 heavy (non-hydrogen) atoms. The van der Waals surface area contributed by atoms with E-state index in [-0.39, 0.29) is 4.90 Å².